The maximum absolute atomic E-state index is 14.6. The van der Waals surface area contributed by atoms with Gasteiger partial charge < -0.3 is 18.9 Å². The van der Waals surface area contributed by atoms with Gasteiger partial charge in [0.2, 0.25) is 0 Å². The zero-order chi connectivity index (χ0) is 23.5. The van der Waals surface area contributed by atoms with Gasteiger partial charge in [-0.05, 0) is 42.8 Å². The van der Waals surface area contributed by atoms with Crippen LogP contribution in [0.3, 0.4) is 0 Å². The zero-order valence-electron chi connectivity index (χ0n) is 18.5. The second kappa shape index (κ2) is 9.48. The van der Waals surface area contributed by atoms with Gasteiger partial charge in [0, 0.05) is 11.6 Å². The van der Waals surface area contributed by atoms with Crippen molar-refractivity contribution < 1.29 is 31.8 Å². The lowest BCUT2D eigenvalue weighted by Crippen LogP contribution is -2.17. The molecule has 1 unspecified atom stereocenters. The molecule has 0 saturated heterocycles. The fourth-order valence-electron chi connectivity index (χ4n) is 3.49. The number of aryl methyl sites for hydroxylation is 1. The predicted molar refractivity (Wildman–Crippen MR) is 119 cm³/mol. The maximum atomic E-state index is 14.6. The van der Waals surface area contributed by atoms with Crippen molar-refractivity contribution in [2.75, 3.05) is 28.4 Å². The Labute approximate surface area is 187 Å². The van der Waals surface area contributed by atoms with Crippen molar-refractivity contribution in [3.63, 3.8) is 0 Å². The number of benzene rings is 3. The van der Waals surface area contributed by atoms with Crippen LogP contribution in [0.2, 0.25) is 0 Å². The third-order valence-electron chi connectivity index (χ3n) is 5.16. The molecule has 0 spiro atoms. The molecule has 3 aromatic carbocycles. The van der Waals surface area contributed by atoms with E-state index in [9.17, 15) is 12.8 Å². The number of sulfone groups is 1. The molecular weight excluding hydrogens is 435 g/mol. The standard InChI is InChI=1S/C24H25FO6S/c1-15-6-9-17(10-7-15)32(26,27)24(16-8-11-20(28-2)19(25)12-16)18-13-22(30-4)23(31-5)14-21(18)29-3/h6-14,24H,1-5H3. The third kappa shape index (κ3) is 4.36. The molecule has 170 valence electrons. The number of methoxy groups -OCH3 is 4. The lowest BCUT2D eigenvalue weighted by molar-refractivity contribution is 0.347. The Bertz CT molecular complexity index is 1210. The molecule has 0 heterocycles. The second-order valence-corrected chi connectivity index (χ2v) is 9.11. The molecule has 0 aliphatic carbocycles. The van der Waals surface area contributed by atoms with Crippen LogP contribution in [0.25, 0.3) is 0 Å². The van der Waals surface area contributed by atoms with E-state index in [2.05, 4.69) is 0 Å². The highest BCUT2D eigenvalue weighted by molar-refractivity contribution is 7.92. The summed E-state index contributed by atoms with van der Waals surface area (Å²) in [5, 5.41) is -1.28. The van der Waals surface area contributed by atoms with Crippen LogP contribution >= 0.6 is 0 Å². The van der Waals surface area contributed by atoms with Crippen molar-refractivity contribution in [1.82, 2.24) is 0 Å². The first-order valence-electron chi connectivity index (χ1n) is 9.70. The van der Waals surface area contributed by atoms with Gasteiger partial charge in [-0.15, -0.1) is 0 Å². The monoisotopic (exact) mass is 460 g/mol. The van der Waals surface area contributed by atoms with E-state index in [1.54, 1.807) is 18.2 Å². The van der Waals surface area contributed by atoms with Gasteiger partial charge >= 0.3 is 0 Å². The molecule has 3 aromatic rings. The highest BCUT2D eigenvalue weighted by atomic mass is 32.2. The van der Waals surface area contributed by atoms with Crippen molar-refractivity contribution in [2.45, 2.75) is 17.1 Å². The highest BCUT2D eigenvalue weighted by Crippen LogP contribution is 2.44. The molecular formula is C24H25FO6S. The molecule has 1 atom stereocenters. The van der Waals surface area contributed by atoms with E-state index >= 15 is 0 Å². The van der Waals surface area contributed by atoms with Crippen LogP contribution in [0.15, 0.2) is 59.5 Å². The summed E-state index contributed by atoms with van der Waals surface area (Å²) < 4.78 is 63.5. The molecule has 0 radical (unpaired) electrons. The molecule has 6 nitrogen and oxygen atoms in total. The lowest BCUT2D eigenvalue weighted by Gasteiger charge is -2.23. The summed E-state index contributed by atoms with van der Waals surface area (Å²) in [6.07, 6.45) is 0. The van der Waals surface area contributed by atoms with Crippen molar-refractivity contribution in [3.8, 4) is 23.0 Å². The van der Waals surface area contributed by atoms with E-state index < -0.39 is 20.9 Å². The minimum Gasteiger partial charge on any atom is -0.496 e. The van der Waals surface area contributed by atoms with Crippen LogP contribution in [0.5, 0.6) is 23.0 Å². The molecule has 8 heteroatoms. The van der Waals surface area contributed by atoms with Crippen LogP contribution in [0.1, 0.15) is 21.9 Å². The molecule has 0 aromatic heterocycles. The fraction of sp³-hybridized carbons (Fsp3) is 0.250. The highest BCUT2D eigenvalue weighted by Gasteiger charge is 2.35. The van der Waals surface area contributed by atoms with Gasteiger partial charge in [0.05, 0.1) is 33.3 Å². The number of halogens is 1. The summed E-state index contributed by atoms with van der Waals surface area (Å²) in [7, 11) is 1.67. The maximum Gasteiger partial charge on any atom is 0.189 e. The molecule has 0 N–H and O–H groups in total. The largest absolute Gasteiger partial charge is 0.496 e. The minimum absolute atomic E-state index is 0.0134. The lowest BCUT2D eigenvalue weighted by atomic mass is 10.0. The van der Waals surface area contributed by atoms with Crippen LogP contribution in [0, 0.1) is 12.7 Å². The van der Waals surface area contributed by atoms with Crippen molar-refractivity contribution in [3.05, 3.63) is 77.1 Å². The average Bonchev–Trinajstić information content (AvgIpc) is 2.79. The summed E-state index contributed by atoms with van der Waals surface area (Å²) in [6.45, 7) is 1.87. The summed E-state index contributed by atoms with van der Waals surface area (Å²) in [5.74, 6) is 0.300. The fourth-order valence-corrected chi connectivity index (χ4v) is 5.30. The Hall–Kier alpha value is -3.26. The number of rotatable bonds is 8. The smallest absolute Gasteiger partial charge is 0.189 e. The van der Waals surface area contributed by atoms with E-state index in [1.807, 2.05) is 6.92 Å². The van der Waals surface area contributed by atoms with Crippen LogP contribution in [-0.2, 0) is 9.84 Å². The van der Waals surface area contributed by atoms with Gasteiger partial charge in [0.25, 0.3) is 0 Å². The van der Waals surface area contributed by atoms with Crippen LogP contribution < -0.4 is 18.9 Å². The predicted octanol–water partition coefficient (Wildman–Crippen LogP) is 4.73. The quantitative estimate of drug-likeness (QED) is 0.484. The molecule has 0 bridgehead atoms. The van der Waals surface area contributed by atoms with Gasteiger partial charge in [0.15, 0.2) is 32.9 Å². The normalized spacial score (nSPS) is 12.2. The molecule has 32 heavy (non-hydrogen) atoms. The SMILES string of the molecule is COc1ccc(C(c2cc(OC)c(OC)cc2OC)S(=O)(=O)c2ccc(C)cc2)cc1F. The molecule has 0 aliphatic rings. The molecule has 3 rings (SSSR count). The first-order chi connectivity index (χ1) is 15.3. The Kier molecular flexibility index (Phi) is 6.93. The Balaban J connectivity index is 2.33. The third-order valence-corrected chi connectivity index (χ3v) is 7.23. The summed E-state index contributed by atoms with van der Waals surface area (Å²) >= 11 is 0. The van der Waals surface area contributed by atoms with E-state index in [4.69, 9.17) is 18.9 Å². The van der Waals surface area contributed by atoms with Crippen molar-refractivity contribution in [2.24, 2.45) is 0 Å². The Morgan fingerprint density at radius 2 is 1.28 bits per heavy atom. The van der Waals surface area contributed by atoms with Gasteiger partial charge in [-0.3, -0.25) is 0 Å². The molecule has 0 aliphatic heterocycles. The van der Waals surface area contributed by atoms with E-state index in [0.29, 0.717) is 11.5 Å². The molecule has 0 fully saturated rings. The number of hydrogen-bond acceptors (Lipinski definition) is 6. The Morgan fingerprint density at radius 1 is 0.719 bits per heavy atom. The summed E-state index contributed by atoms with van der Waals surface area (Å²) in [4.78, 5) is 0.0983. The van der Waals surface area contributed by atoms with Crippen molar-refractivity contribution >= 4 is 9.84 Å². The molecule has 0 amide bonds. The average molecular weight is 461 g/mol. The van der Waals surface area contributed by atoms with Gasteiger partial charge in [-0.2, -0.15) is 0 Å². The Morgan fingerprint density at radius 3 is 1.81 bits per heavy atom. The zero-order valence-corrected chi connectivity index (χ0v) is 19.3. The van der Waals surface area contributed by atoms with E-state index in [1.165, 1.54) is 58.8 Å². The second-order valence-electron chi connectivity index (χ2n) is 7.08. The number of hydrogen-bond donors (Lipinski definition) is 0. The van der Waals surface area contributed by atoms with E-state index in [0.717, 1.165) is 11.6 Å². The van der Waals surface area contributed by atoms with Gasteiger partial charge in [0.1, 0.15) is 11.0 Å². The van der Waals surface area contributed by atoms with Gasteiger partial charge in [-0.1, -0.05) is 23.8 Å². The van der Waals surface area contributed by atoms with Crippen LogP contribution in [0.4, 0.5) is 4.39 Å². The molecule has 0 saturated carbocycles. The van der Waals surface area contributed by atoms with E-state index in [-0.39, 0.29) is 27.5 Å². The summed E-state index contributed by atoms with van der Waals surface area (Å²) in [5.41, 5.74) is 1.42. The first-order valence-corrected chi connectivity index (χ1v) is 11.2. The summed E-state index contributed by atoms with van der Waals surface area (Å²) in [6, 6.07) is 13.7. The van der Waals surface area contributed by atoms with Gasteiger partial charge in [-0.25, -0.2) is 12.8 Å². The minimum atomic E-state index is -4.02. The first kappa shape index (κ1) is 23.4. The number of ether oxygens (including phenoxy) is 4. The topological polar surface area (TPSA) is 71.1 Å². The van der Waals surface area contributed by atoms with Crippen molar-refractivity contribution in [1.29, 1.82) is 0 Å². The van der Waals surface area contributed by atoms with Crippen LogP contribution in [-0.4, -0.2) is 36.9 Å².